The van der Waals surface area contributed by atoms with E-state index in [2.05, 4.69) is 17.1 Å². The van der Waals surface area contributed by atoms with Gasteiger partial charge in [-0.3, -0.25) is 9.69 Å². The van der Waals surface area contributed by atoms with Crippen LogP contribution in [0, 0.1) is 5.92 Å². The number of hydrogen-bond donors (Lipinski definition) is 1. The van der Waals surface area contributed by atoms with Crippen LogP contribution in [-0.2, 0) is 4.79 Å². The Morgan fingerprint density at radius 1 is 1.39 bits per heavy atom. The van der Waals surface area contributed by atoms with E-state index in [1.54, 1.807) is 0 Å². The van der Waals surface area contributed by atoms with Gasteiger partial charge in [-0.1, -0.05) is 12.2 Å². The van der Waals surface area contributed by atoms with E-state index >= 15 is 0 Å². The van der Waals surface area contributed by atoms with E-state index in [0.29, 0.717) is 24.8 Å². The fourth-order valence-electron chi connectivity index (χ4n) is 2.77. The summed E-state index contributed by atoms with van der Waals surface area (Å²) in [5, 5.41) is 9.34. The summed E-state index contributed by atoms with van der Waals surface area (Å²) in [6.45, 7) is 5.91. The molecule has 4 heteroatoms. The van der Waals surface area contributed by atoms with Crippen LogP contribution in [0.5, 0.6) is 0 Å². The van der Waals surface area contributed by atoms with Crippen LogP contribution in [0.2, 0.25) is 0 Å². The first-order valence-corrected chi connectivity index (χ1v) is 7.00. The Bertz CT molecular complexity index is 307. The van der Waals surface area contributed by atoms with E-state index in [0.717, 1.165) is 39.0 Å². The lowest BCUT2D eigenvalue weighted by Gasteiger charge is -2.35. The maximum absolute atomic E-state index is 12.1. The highest BCUT2D eigenvalue weighted by atomic mass is 16.3. The van der Waals surface area contributed by atoms with Gasteiger partial charge in [0.15, 0.2) is 0 Å². The lowest BCUT2D eigenvalue weighted by Crippen LogP contribution is -2.50. The summed E-state index contributed by atoms with van der Waals surface area (Å²) in [5.74, 6) is 0.760. The molecule has 1 heterocycles. The number of carbonyl (C=O) groups is 1. The van der Waals surface area contributed by atoms with E-state index in [1.807, 2.05) is 11.8 Å². The Kier molecular flexibility index (Phi) is 4.78. The summed E-state index contributed by atoms with van der Waals surface area (Å²) in [6, 6.07) is 0. The molecule has 0 aromatic rings. The first-order valence-electron chi connectivity index (χ1n) is 7.00. The molecule has 2 rings (SSSR count). The number of hydrogen-bond acceptors (Lipinski definition) is 3. The van der Waals surface area contributed by atoms with Crippen molar-refractivity contribution < 1.29 is 9.90 Å². The Balaban J connectivity index is 1.71. The molecule has 1 N–H and O–H groups in total. The third-order valence-electron chi connectivity index (χ3n) is 3.80. The van der Waals surface area contributed by atoms with Gasteiger partial charge in [0.05, 0.1) is 6.10 Å². The van der Waals surface area contributed by atoms with Crippen molar-refractivity contribution in [1.29, 1.82) is 0 Å². The third-order valence-corrected chi connectivity index (χ3v) is 3.80. The van der Waals surface area contributed by atoms with Crippen LogP contribution >= 0.6 is 0 Å². The number of aliphatic hydroxyl groups excluding tert-OH is 1. The van der Waals surface area contributed by atoms with Crippen LogP contribution in [0.1, 0.15) is 26.2 Å². The summed E-state index contributed by atoms with van der Waals surface area (Å²) in [7, 11) is 0. The molecule has 0 bridgehead atoms. The van der Waals surface area contributed by atoms with Gasteiger partial charge in [-0.2, -0.15) is 0 Å². The zero-order valence-electron chi connectivity index (χ0n) is 11.2. The van der Waals surface area contributed by atoms with Crippen molar-refractivity contribution in [2.45, 2.75) is 32.3 Å². The standard InChI is InChI=1S/C14H24N2O2/c1-12(17)11-15-6-8-16(9-7-15)14(18)10-13-4-2-3-5-13/h2,4,12-13,17H,3,5-11H2,1H3/t12-,13-/m1/s1. The molecule has 0 radical (unpaired) electrons. The van der Waals surface area contributed by atoms with Crippen LogP contribution in [0.4, 0.5) is 0 Å². The smallest absolute Gasteiger partial charge is 0.223 e. The predicted molar refractivity (Wildman–Crippen MR) is 71.2 cm³/mol. The molecule has 18 heavy (non-hydrogen) atoms. The Morgan fingerprint density at radius 3 is 2.67 bits per heavy atom. The van der Waals surface area contributed by atoms with Crippen molar-refractivity contribution in [3.05, 3.63) is 12.2 Å². The van der Waals surface area contributed by atoms with E-state index in [9.17, 15) is 9.90 Å². The van der Waals surface area contributed by atoms with E-state index in [4.69, 9.17) is 0 Å². The number of β-amino-alcohol motifs (C(OH)–C–C–N with tert-alkyl or cyclic N) is 1. The summed E-state index contributed by atoms with van der Waals surface area (Å²) >= 11 is 0. The molecule has 2 aliphatic rings. The van der Waals surface area contributed by atoms with Gasteiger partial charge in [-0.15, -0.1) is 0 Å². The molecule has 1 aliphatic heterocycles. The minimum Gasteiger partial charge on any atom is -0.392 e. The molecule has 0 unspecified atom stereocenters. The molecule has 4 nitrogen and oxygen atoms in total. The molecule has 0 saturated carbocycles. The molecule has 0 aromatic heterocycles. The van der Waals surface area contributed by atoms with Gasteiger partial charge in [0, 0.05) is 39.1 Å². The number of carbonyl (C=O) groups excluding carboxylic acids is 1. The van der Waals surface area contributed by atoms with Crippen LogP contribution in [0.25, 0.3) is 0 Å². The fraction of sp³-hybridized carbons (Fsp3) is 0.786. The molecule has 0 spiro atoms. The average Bonchev–Trinajstić information content (AvgIpc) is 2.82. The second-order valence-corrected chi connectivity index (χ2v) is 5.50. The van der Waals surface area contributed by atoms with Crippen molar-refractivity contribution in [1.82, 2.24) is 9.80 Å². The lowest BCUT2D eigenvalue weighted by molar-refractivity contribution is -0.133. The molecule has 2 atom stereocenters. The minimum absolute atomic E-state index is 0.282. The van der Waals surface area contributed by atoms with Crippen molar-refractivity contribution in [3.63, 3.8) is 0 Å². The number of amides is 1. The molecule has 1 aliphatic carbocycles. The number of piperazine rings is 1. The molecule has 1 amide bonds. The van der Waals surface area contributed by atoms with Crippen molar-refractivity contribution in [3.8, 4) is 0 Å². The van der Waals surface area contributed by atoms with Crippen molar-refractivity contribution in [2.75, 3.05) is 32.7 Å². The maximum Gasteiger partial charge on any atom is 0.223 e. The number of rotatable bonds is 4. The molecule has 1 saturated heterocycles. The highest BCUT2D eigenvalue weighted by Crippen LogP contribution is 2.21. The fourth-order valence-corrected chi connectivity index (χ4v) is 2.77. The van der Waals surface area contributed by atoms with Gasteiger partial charge in [0.2, 0.25) is 5.91 Å². The second kappa shape index (κ2) is 6.34. The molecule has 102 valence electrons. The summed E-state index contributed by atoms with van der Waals surface area (Å²) in [6.07, 6.45) is 7.01. The van der Waals surface area contributed by atoms with Crippen LogP contribution < -0.4 is 0 Å². The zero-order chi connectivity index (χ0) is 13.0. The van der Waals surface area contributed by atoms with Gasteiger partial charge in [0.1, 0.15) is 0 Å². The molecule has 0 aromatic carbocycles. The normalized spacial score (nSPS) is 26.6. The monoisotopic (exact) mass is 252 g/mol. The lowest BCUT2D eigenvalue weighted by atomic mass is 10.0. The third kappa shape index (κ3) is 3.82. The van der Waals surface area contributed by atoms with E-state index in [-0.39, 0.29) is 6.10 Å². The molecular weight excluding hydrogens is 228 g/mol. The Labute approximate surface area is 109 Å². The van der Waals surface area contributed by atoms with Gasteiger partial charge in [-0.25, -0.2) is 0 Å². The van der Waals surface area contributed by atoms with Crippen LogP contribution in [0.3, 0.4) is 0 Å². The van der Waals surface area contributed by atoms with Crippen LogP contribution in [-0.4, -0.2) is 59.6 Å². The Morgan fingerprint density at radius 2 is 2.11 bits per heavy atom. The summed E-state index contributed by atoms with van der Waals surface area (Å²) in [4.78, 5) is 16.3. The molecule has 1 fully saturated rings. The molecular formula is C14H24N2O2. The van der Waals surface area contributed by atoms with E-state index < -0.39 is 0 Å². The average molecular weight is 252 g/mol. The zero-order valence-corrected chi connectivity index (χ0v) is 11.2. The van der Waals surface area contributed by atoms with Gasteiger partial charge in [0.25, 0.3) is 0 Å². The van der Waals surface area contributed by atoms with Crippen molar-refractivity contribution >= 4 is 5.91 Å². The van der Waals surface area contributed by atoms with Crippen molar-refractivity contribution in [2.24, 2.45) is 5.92 Å². The maximum atomic E-state index is 12.1. The highest BCUT2D eigenvalue weighted by Gasteiger charge is 2.23. The van der Waals surface area contributed by atoms with Gasteiger partial charge in [-0.05, 0) is 25.7 Å². The second-order valence-electron chi connectivity index (χ2n) is 5.50. The summed E-state index contributed by atoms with van der Waals surface area (Å²) < 4.78 is 0. The first-order chi connectivity index (χ1) is 8.65. The largest absolute Gasteiger partial charge is 0.392 e. The van der Waals surface area contributed by atoms with Gasteiger partial charge >= 0.3 is 0 Å². The van der Waals surface area contributed by atoms with Crippen LogP contribution in [0.15, 0.2) is 12.2 Å². The van der Waals surface area contributed by atoms with Gasteiger partial charge < -0.3 is 10.0 Å². The first kappa shape index (κ1) is 13.6. The summed E-state index contributed by atoms with van der Waals surface area (Å²) in [5.41, 5.74) is 0. The number of aliphatic hydroxyl groups is 1. The Hall–Kier alpha value is -0.870. The number of allylic oxidation sites excluding steroid dienone is 2. The minimum atomic E-state index is -0.282. The van der Waals surface area contributed by atoms with E-state index in [1.165, 1.54) is 0 Å². The predicted octanol–water partition coefficient (Wildman–Crippen LogP) is 0.868. The number of nitrogens with zero attached hydrogens (tertiary/aromatic N) is 2. The topological polar surface area (TPSA) is 43.8 Å². The quantitative estimate of drug-likeness (QED) is 0.755. The SMILES string of the molecule is C[C@@H](O)CN1CCN(C(=O)C[C@@H]2C=CCC2)CC1. The highest BCUT2D eigenvalue weighted by molar-refractivity contribution is 5.76.